The van der Waals surface area contributed by atoms with E-state index in [1.807, 2.05) is 24.4 Å². The van der Waals surface area contributed by atoms with Crippen molar-refractivity contribution in [3.05, 3.63) is 55.7 Å². The average Bonchev–Trinajstić information content (AvgIpc) is 3.00. The van der Waals surface area contributed by atoms with Crippen LogP contribution in [0.2, 0.25) is 5.02 Å². The molecule has 1 amide bonds. The quantitative estimate of drug-likeness (QED) is 0.643. The molecule has 1 N–H and O–H groups in total. The lowest BCUT2D eigenvalue weighted by Gasteiger charge is -2.13. The molecule has 1 heterocycles. The van der Waals surface area contributed by atoms with E-state index < -0.39 is 4.92 Å². The van der Waals surface area contributed by atoms with Gasteiger partial charge >= 0.3 is 0 Å². The van der Waals surface area contributed by atoms with E-state index in [2.05, 4.69) is 5.32 Å². The number of halogens is 1. The fourth-order valence-electron chi connectivity index (χ4n) is 1.76. The van der Waals surface area contributed by atoms with Crippen LogP contribution in [0.25, 0.3) is 0 Å². The minimum absolute atomic E-state index is 0.0910. The molecule has 0 aliphatic carbocycles. The summed E-state index contributed by atoms with van der Waals surface area (Å²) in [7, 11) is 0. The Bertz CT molecular complexity index is 675. The zero-order valence-electron chi connectivity index (χ0n) is 11.6. The maximum Gasteiger partial charge on any atom is 0.271 e. The molecule has 8 heteroatoms. The van der Waals surface area contributed by atoms with E-state index in [9.17, 15) is 14.9 Å². The zero-order valence-corrected chi connectivity index (χ0v) is 13.2. The van der Waals surface area contributed by atoms with Gasteiger partial charge in [0, 0.05) is 17.0 Å². The molecule has 6 nitrogen and oxygen atoms in total. The molecule has 2 aromatic rings. The molecule has 0 fully saturated rings. The first-order valence-corrected chi connectivity index (χ1v) is 7.62. The van der Waals surface area contributed by atoms with Crippen molar-refractivity contribution in [3.63, 3.8) is 0 Å². The third-order valence-electron chi connectivity index (χ3n) is 2.83. The van der Waals surface area contributed by atoms with Gasteiger partial charge in [0.1, 0.15) is 5.75 Å². The molecule has 0 unspecified atom stereocenters. The lowest BCUT2D eigenvalue weighted by molar-refractivity contribution is -0.384. The number of carbonyl (C=O) groups is 1. The van der Waals surface area contributed by atoms with Crippen LogP contribution in [-0.2, 0) is 4.79 Å². The van der Waals surface area contributed by atoms with Crippen LogP contribution in [0.3, 0.4) is 0 Å². The molecule has 0 aliphatic heterocycles. The van der Waals surface area contributed by atoms with Gasteiger partial charge < -0.3 is 10.1 Å². The number of rotatable bonds is 6. The maximum atomic E-state index is 11.8. The van der Waals surface area contributed by atoms with Gasteiger partial charge in [0.05, 0.1) is 16.0 Å². The van der Waals surface area contributed by atoms with E-state index in [1.54, 1.807) is 11.3 Å². The Labute approximate surface area is 135 Å². The van der Waals surface area contributed by atoms with Gasteiger partial charge in [-0.1, -0.05) is 17.7 Å². The molecule has 22 heavy (non-hydrogen) atoms. The van der Waals surface area contributed by atoms with Gasteiger partial charge in [-0.15, -0.1) is 11.3 Å². The fraction of sp³-hybridized carbons (Fsp3) is 0.214. The summed E-state index contributed by atoms with van der Waals surface area (Å²) in [6.45, 7) is 1.66. The molecule has 0 radical (unpaired) electrons. The van der Waals surface area contributed by atoms with Crippen LogP contribution in [0.5, 0.6) is 5.75 Å². The van der Waals surface area contributed by atoms with Crippen molar-refractivity contribution < 1.29 is 14.5 Å². The lowest BCUT2D eigenvalue weighted by Crippen LogP contribution is -2.30. The van der Waals surface area contributed by atoms with Crippen LogP contribution in [0.4, 0.5) is 5.69 Å². The van der Waals surface area contributed by atoms with Gasteiger partial charge in [-0.05, 0) is 24.4 Å². The smallest absolute Gasteiger partial charge is 0.271 e. The number of ether oxygens (including phenoxy) is 1. The molecular formula is C14H13ClN2O4S. The Hall–Kier alpha value is -2.12. The van der Waals surface area contributed by atoms with E-state index in [1.165, 1.54) is 18.2 Å². The van der Waals surface area contributed by atoms with E-state index in [4.69, 9.17) is 16.3 Å². The summed E-state index contributed by atoms with van der Waals surface area (Å²) in [5, 5.41) is 15.4. The second-order valence-corrected chi connectivity index (χ2v) is 5.85. The number of non-ortho nitro benzene ring substituents is 1. The second-order valence-electron chi connectivity index (χ2n) is 4.47. The number of carbonyl (C=O) groups excluding carboxylic acids is 1. The highest BCUT2D eigenvalue weighted by atomic mass is 35.5. The van der Waals surface area contributed by atoms with E-state index in [-0.39, 0.29) is 35.0 Å². The topological polar surface area (TPSA) is 81.5 Å². The molecule has 116 valence electrons. The van der Waals surface area contributed by atoms with Crippen molar-refractivity contribution in [3.8, 4) is 5.75 Å². The van der Waals surface area contributed by atoms with Crippen molar-refractivity contribution in [2.45, 2.75) is 13.0 Å². The molecule has 0 saturated carbocycles. The van der Waals surface area contributed by atoms with Gasteiger partial charge in [-0.3, -0.25) is 14.9 Å². The minimum Gasteiger partial charge on any atom is -0.482 e. The number of nitro groups is 1. The summed E-state index contributed by atoms with van der Waals surface area (Å²) >= 11 is 7.44. The van der Waals surface area contributed by atoms with Gasteiger partial charge in [-0.25, -0.2) is 0 Å². The van der Waals surface area contributed by atoms with Crippen molar-refractivity contribution in [1.29, 1.82) is 0 Å². The van der Waals surface area contributed by atoms with Crippen molar-refractivity contribution >= 4 is 34.5 Å². The summed E-state index contributed by atoms with van der Waals surface area (Å²) in [5.41, 5.74) is -0.131. The maximum absolute atomic E-state index is 11.8. The Morgan fingerprint density at radius 1 is 1.50 bits per heavy atom. The Kier molecular flexibility index (Phi) is 5.35. The normalized spacial score (nSPS) is 11.7. The molecule has 0 aliphatic rings. The number of thiophene rings is 1. The third-order valence-corrected chi connectivity index (χ3v) is 4.18. The number of nitrogens with one attached hydrogen (secondary N) is 1. The summed E-state index contributed by atoms with van der Waals surface area (Å²) in [6.07, 6.45) is 0. The van der Waals surface area contributed by atoms with Gasteiger partial charge in [-0.2, -0.15) is 0 Å². The highest BCUT2D eigenvalue weighted by molar-refractivity contribution is 7.10. The van der Waals surface area contributed by atoms with Crippen LogP contribution in [0.1, 0.15) is 17.8 Å². The Balaban J connectivity index is 1.90. The lowest BCUT2D eigenvalue weighted by atomic mass is 10.3. The number of amides is 1. The zero-order chi connectivity index (χ0) is 16.1. The molecule has 2 rings (SSSR count). The van der Waals surface area contributed by atoms with Crippen molar-refractivity contribution in [2.24, 2.45) is 0 Å². The SMILES string of the molecule is C[C@@H](NC(=O)COc1ccc([N+](=O)[O-])cc1Cl)c1cccs1. The molecule has 0 bridgehead atoms. The second kappa shape index (κ2) is 7.24. The first-order chi connectivity index (χ1) is 10.5. The summed E-state index contributed by atoms with van der Waals surface area (Å²) in [4.78, 5) is 22.9. The standard InChI is InChI=1S/C14H13ClN2O4S/c1-9(13-3-2-6-22-13)16-14(18)8-21-12-5-4-10(17(19)20)7-11(12)15/h2-7,9H,8H2,1H3,(H,16,18)/t9-/m1/s1. The van der Waals surface area contributed by atoms with Gasteiger partial charge in [0.25, 0.3) is 11.6 Å². The first kappa shape index (κ1) is 16.3. The number of benzene rings is 1. The first-order valence-electron chi connectivity index (χ1n) is 6.37. The van der Waals surface area contributed by atoms with Crippen LogP contribution in [-0.4, -0.2) is 17.4 Å². The average molecular weight is 341 g/mol. The molecule has 0 saturated heterocycles. The number of nitrogens with zero attached hydrogens (tertiary/aromatic N) is 1. The molecule has 0 spiro atoms. The molecular weight excluding hydrogens is 328 g/mol. The summed E-state index contributed by atoms with van der Waals surface area (Å²) in [5.74, 6) is -0.0680. The fourth-order valence-corrected chi connectivity index (χ4v) is 2.72. The van der Waals surface area contributed by atoms with E-state index in [0.717, 1.165) is 4.88 Å². The highest BCUT2D eigenvalue weighted by Crippen LogP contribution is 2.28. The highest BCUT2D eigenvalue weighted by Gasteiger charge is 2.13. The van der Waals surface area contributed by atoms with Crippen molar-refractivity contribution in [1.82, 2.24) is 5.32 Å². The Morgan fingerprint density at radius 2 is 2.27 bits per heavy atom. The van der Waals surface area contributed by atoms with Crippen LogP contribution < -0.4 is 10.1 Å². The molecule has 1 aromatic carbocycles. The van der Waals surface area contributed by atoms with Crippen LogP contribution in [0.15, 0.2) is 35.7 Å². The predicted molar refractivity (Wildman–Crippen MR) is 84.5 cm³/mol. The summed E-state index contributed by atoms with van der Waals surface area (Å²) < 4.78 is 5.29. The largest absolute Gasteiger partial charge is 0.482 e. The third kappa shape index (κ3) is 4.19. The van der Waals surface area contributed by atoms with E-state index in [0.29, 0.717) is 0 Å². The molecule has 1 aromatic heterocycles. The minimum atomic E-state index is -0.551. The monoisotopic (exact) mass is 340 g/mol. The van der Waals surface area contributed by atoms with Crippen molar-refractivity contribution in [2.75, 3.05) is 6.61 Å². The van der Waals surface area contributed by atoms with Gasteiger partial charge in [0.2, 0.25) is 0 Å². The Morgan fingerprint density at radius 3 is 2.86 bits per heavy atom. The van der Waals surface area contributed by atoms with Gasteiger partial charge in [0.15, 0.2) is 6.61 Å². The van der Waals surface area contributed by atoms with Crippen LogP contribution >= 0.6 is 22.9 Å². The molecule has 1 atom stereocenters. The predicted octanol–water partition coefficient (Wildman–Crippen LogP) is 3.57. The van der Waals surface area contributed by atoms with E-state index >= 15 is 0 Å². The number of hydrogen-bond acceptors (Lipinski definition) is 5. The number of nitro benzene ring substituents is 1. The number of hydrogen-bond donors (Lipinski definition) is 1. The summed E-state index contributed by atoms with van der Waals surface area (Å²) in [6, 6.07) is 7.57. The van der Waals surface area contributed by atoms with Crippen LogP contribution in [0, 0.1) is 10.1 Å².